The highest BCUT2D eigenvalue weighted by Gasteiger charge is 2.31. The Balaban J connectivity index is 1.62. The van der Waals surface area contributed by atoms with Crippen molar-refractivity contribution < 1.29 is 9.53 Å². The van der Waals surface area contributed by atoms with Crippen LogP contribution in [0.25, 0.3) is 0 Å². The number of ether oxygens (including phenoxy) is 1. The Morgan fingerprint density at radius 2 is 2.12 bits per heavy atom. The van der Waals surface area contributed by atoms with E-state index in [9.17, 15) is 4.79 Å². The molecule has 4 rings (SSSR count). The fraction of sp³-hybridized carbons (Fsp3) is 0.474. The molecule has 1 saturated heterocycles. The van der Waals surface area contributed by atoms with Crippen LogP contribution in [-0.2, 0) is 17.6 Å². The normalized spacial score (nSPS) is 20.7. The van der Waals surface area contributed by atoms with Gasteiger partial charge in [-0.05, 0) is 55.9 Å². The molecule has 0 spiro atoms. The predicted molar refractivity (Wildman–Crippen MR) is 91.0 cm³/mol. The summed E-state index contributed by atoms with van der Waals surface area (Å²) in [4.78, 5) is 22.7. The van der Waals surface area contributed by atoms with Crippen molar-refractivity contribution in [1.82, 2.24) is 14.9 Å². The number of aromatic nitrogens is 2. The Labute approximate surface area is 142 Å². The van der Waals surface area contributed by atoms with Crippen molar-refractivity contribution in [2.24, 2.45) is 0 Å². The maximum Gasteiger partial charge on any atom is 0.254 e. The van der Waals surface area contributed by atoms with Gasteiger partial charge in [-0.2, -0.15) is 0 Å². The predicted octanol–water partition coefficient (Wildman–Crippen LogP) is 2.81. The fourth-order valence-corrected chi connectivity index (χ4v) is 3.71. The van der Waals surface area contributed by atoms with Crippen LogP contribution in [0.3, 0.4) is 0 Å². The maximum atomic E-state index is 13.1. The molecule has 1 aliphatic carbocycles. The molecule has 1 aromatic carbocycles. The van der Waals surface area contributed by atoms with E-state index >= 15 is 0 Å². The fourth-order valence-electron chi connectivity index (χ4n) is 3.71. The van der Waals surface area contributed by atoms with Gasteiger partial charge >= 0.3 is 0 Å². The first-order valence-corrected chi connectivity index (χ1v) is 8.74. The van der Waals surface area contributed by atoms with E-state index in [1.165, 1.54) is 24.0 Å². The Bertz CT molecular complexity index is 753. The monoisotopic (exact) mass is 325 g/mol. The molecule has 1 amide bonds. The molecule has 0 radical (unpaired) electrons. The first-order valence-electron chi connectivity index (χ1n) is 8.74. The number of morpholine rings is 1. The molecule has 1 aliphatic heterocycles. The smallest absolute Gasteiger partial charge is 0.254 e. The van der Waals surface area contributed by atoms with Crippen LogP contribution in [0.2, 0.25) is 0 Å². The van der Waals surface area contributed by atoms with Crippen molar-refractivity contribution in [2.75, 3.05) is 19.8 Å². The van der Waals surface area contributed by atoms with Crippen LogP contribution >= 0.6 is 0 Å². The van der Waals surface area contributed by atoms with Crippen molar-refractivity contribution in [3.05, 3.63) is 52.6 Å². The highest BCUT2D eigenvalue weighted by Crippen LogP contribution is 2.27. The first kappa shape index (κ1) is 15.4. The highest BCUT2D eigenvalue weighted by atomic mass is 16.5. The number of nitrogens with one attached hydrogen (secondary N) is 1. The molecule has 1 aromatic heterocycles. The second-order valence-electron chi connectivity index (χ2n) is 6.73. The summed E-state index contributed by atoms with van der Waals surface area (Å²) in [5, 5.41) is 0. The third-order valence-corrected chi connectivity index (χ3v) is 5.02. The number of benzene rings is 1. The molecule has 1 fully saturated rings. The lowest BCUT2D eigenvalue weighted by atomic mass is 9.90. The summed E-state index contributed by atoms with van der Waals surface area (Å²) >= 11 is 0. The number of hydrogen-bond donors (Lipinski definition) is 1. The number of hydrogen-bond acceptors (Lipinski definition) is 3. The van der Waals surface area contributed by atoms with Crippen molar-refractivity contribution in [2.45, 2.75) is 38.6 Å². The molecule has 2 heterocycles. The van der Waals surface area contributed by atoms with E-state index in [2.05, 4.69) is 22.1 Å². The van der Waals surface area contributed by atoms with Gasteiger partial charge in [-0.3, -0.25) is 4.79 Å². The van der Waals surface area contributed by atoms with Gasteiger partial charge in [0.05, 0.1) is 13.2 Å². The molecule has 24 heavy (non-hydrogen) atoms. The molecule has 5 nitrogen and oxygen atoms in total. The number of rotatable bonds is 2. The zero-order valence-corrected chi connectivity index (χ0v) is 14.0. The number of carbonyl (C=O) groups is 1. The minimum absolute atomic E-state index is 0.0747. The van der Waals surface area contributed by atoms with Crippen LogP contribution in [-0.4, -0.2) is 40.5 Å². The average molecular weight is 325 g/mol. The highest BCUT2D eigenvalue weighted by molar-refractivity contribution is 5.94. The van der Waals surface area contributed by atoms with Crippen LogP contribution in [0.4, 0.5) is 0 Å². The van der Waals surface area contributed by atoms with E-state index in [0.29, 0.717) is 19.8 Å². The summed E-state index contributed by atoms with van der Waals surface area (Å²) in [5.41, 5.74) is 4.52. The zero-order valence-electron chi connectivity index (χ0n) is 14.0. The summed E-state index contributed by atoms with van der Waals surface area (Å²) < 4.78 is 5.60. The largest absolute Gasteiger partial charge is 0.377 e. The summed E-state index contributed by atoms with van der Waals surface area (Å²) in [6.07, 6.45) is 6.49. The number of aromatic amines is 1. The van der Waals surface area contributed by atoms with Gasteiger partial charge in [-0.1, -0.05) is 6.07 Å². The molecule has 0 bridgehead atoms. The molecule has 2 aromatic rings. The molecule has 0 unspecified atom stereocenters. The number of fused-ring (bicyclic) bond motifs is 1. The molecular weight excluding hydrogens is 302 g/mol. The lowest BCUT2D eigenvalue weighted by Crippen LogP contribution is -2.43. The quantitative estimate of drug-likeness (QED) is 0.924. The topological polar surface area (TPSA) is 58.2 Å². The zero-order chi connectivity index (χ0) is 16.5. The third kappa shape index (κ3) is 2.84. The van der Waals surface area contributed by atoms with E-state index in [4.69, 9.17) is 4.74 Å². The minimum Gasteiger partial charge on any atom is -0.377 e. The Morgan fingerprint density at radius 1 is 1.29 bits per heavy atom. The first-order chi connectivity index (χ1) is 11.7. The number of amides is 1. The van der Waals surface area contributed by atoms with Crippen molar-refractivity contribution in [3.63, 3.8) is 0 Å². The van der Waals surface area contributed by atoms with Crippen molar-refractivity contribution >= 4 is 5.91 Å². The van der Waals surface area contributed by atoms with Gasteiger partial charge in [0.25, 0.3) is 5.91 Å². The van der Waals surface area contributed by atoms with E-state index in [-0.39, 0.29) is 11.9 Å². The molecule has 0 saturated carbocycles. The SMILES string of the molecule is Cc1cnc([C@H]2COCCN2C(=O)c2ccc3c(c2)CCCC3)[nH]1. The van der Waals surface area contributed by atoms with Gasteiger partial charge in [0.15, 0.2) is 0 Å². The summed E-state index contributed by atoms with van der Waals surface area (Å²) in [5.74, 6) is 0.879. The van der Waals surface area contributed by atoms with Crippen molar-refractivity contribution in [3.8, 4) is 0 Å². The Morgan fingerprint density at radius 3 is 2.92 bits per heavy atom. The van der Waals surface area contributed by atoms with Crippen LogP contribution in [0.1, 0.15) is 51.9 Å². The minimum atomic E-state index is -0.143. The number of H-pyrrole nitrogens is 1. The van der Waals surface area contributed by atoms with Crippen LogP contribution < -0.4 is 0 Å². The number of carbonyl (C=O) groups excluding carboxylic acids is 1. The van der Waals surface area contributed by atoms with E-state index in [0.717, 1.165) is 29.9 Å². The van der Waals surface area contributed by atoms with E-state index in [1.807, 2.05) is 17.9 Å². The van der Waals surface area contributed by atoms with Crippen LogP contribution in [0.15, 0.2) is 24.4 Å². The second-order valence-corrected chi connectivity index (χ2v) is 6.73. The molecule has 1 atom stereocenters. The van der Waals surface area contributed by atoms with Gasteiger partial charge in [0, 0.05) is 24.0 Å². The molecule has 5 heteroatoms. The number of aryl methyl sites for hydroxylation is 3. The maximum absolute atomic E-state index is 13.1. The molecule has 126 valence electrons. The average Bonchev–Trinajstić information content (AvgIpc) is 3.07. The van der Waals surface area contributed by atoms with Gasteiger partial charge in [-0.25, -0.2) is 4.98 Å². The number of imidazole rings is 1. The van der Waals surface area contributed by atoms with E-state index < -0.39 is 0 Å². The second kappa shape index (κ2) is 6.40. The third-order valence-electron chi connectivity index (χ3n) is 5.02. The van der Waals surface area contributed by atoms with Gasteiger partial charge in [0.1, 0.15) is 11.9 Å². The van der Waals surface area contributed by atoms with Gasteiger partial charge < -0.3 is 14.6 Å². The molecule has 1 N–H and O–H groups in total. The molecular formula is C19H23N3O2. The van der Waals surface area contributed by atoms with Crippen LogP contribution in [0, 0.1) is 6.92 Å². The Hall–Kier alpha value is -2.14. The summed E-state index contributed by atoms with van der Waals surface area (Å²) in [7, 11) is 0. The van der Waals surface area contributed by atoms with Gasteiger partial charge in [-0.15, -0.1) is 0 Å². The lowest BCUT2D eigenvalue weighted by molar-refractivity contribution is -0.00501. The molecule has 2 aliphatic rings. The summed E-state index contributed by atoms with van der Waals surface area (Å²) in [6.45, 7) is 3.63. The summed E-state index contributed by atoms with van der Waals surface area (Å²) in [6, 6.07) is 6.06. The van der Waals surface area contributed by atoms with Crippen molar-refractivity contribution in [1.29, 1.82) is 0 Å². The lowest BCUT2D eigenvalue weighted by Gasteiger charge is -2.34. The standard InChI is InChI=1S/C19H23N3O2/c1-13-11-20-18(21-13)17-12-24-9-8-22(17)19(23)16-7-6-14-4-2-3-5-15(14)10-16/h6-7,10-11,17H,2-5,8-9,12H2,1H3,(H,20,21)/t17-/m1/s1. The van der Waals surface area contributed by atoms with E-state index in [1.54, 1.807) is 6.20 Å². The Kier molecular flexibility index (Phi) is 4.10. The van der Waals surface area contributed by atoms with Gasteiger partial charge in [0.2, 0.25) is 0 Å². The number of nitrogens with zero attached hydrogens (tertiary/aromatic N) is 2. The van der Waals surface area contributed by atoms with Crippen LogP contribution in [0.5, 0.6) is 0 Å².